The van der Waals surface area contributed by atoms with Gasteiger partial charge in [-0.05, 0) is 37.3 Å². The maximum absolute atomic E-state index is 12.5. The number of carbonyl (C=O) groups excluding carboxylic acids is 1. The molecule has 2 rings (SSSR count). The van der Waals surface area contributed by atoms with E-state index in [0.29, 0.717) is 23.1 Å². The molecule has 0 aliphatic carbocycles. The van der Waals surface area contributed by atoms with Crippen LogP contribution in [0.2, 0.25) is 0 Å². The smallest absolute Gasteiger partial charge is 0.255 e. The number of nitrogen functional groups attached to an aromatic ring is 1. The summed E-state index contributed by atoms with van der Waals surface area (Å²) in [5.41, 5.74) is 8.22. The number of amides is 1. The predicted molar refractivity (Wildman–Crippen MR) is 74.4 cm³/mol. The summed E-state index contributed by atoms with van der Waals surface area (Å²) < 4.78 is 0. The van der Waals surface area contributed by atoms with Crippen LogP contribution in [0.25, 0.3) is 0 Å². The van der Waals surface area contributed by atoms with Gasteiger partial charge in [0.25, 0.3) is 5.91 Å². The largest absolute Gasteiger partial charge is 0.398 e. The minimum atomic E-state index is 0.0783. The minimum absolute atomic E-state index is 0.0783. The first-order valence-electron chi connectivity index (χ1n) is 6.62. The Labute approximate surface area is 109 Å². The molecule has 0 unspecified atom stereocenters. The van der Waals surface area contributed by atoms with E-state index in [2.05, 4.69) is 13.8 Å². The lowest BCUT2D eigenvalue weighted by Crippen LogP contribution is -2.42. The fraction of sp³-hybridized carbons (Fsp3) is 0.533. The molecule has 2 atom stereocenters. The van der Waals surface area contributed by atoms with Gasteiger partial charge >= 0.3 is 0 Å². The van der Waals surface area contributed by atoms with Crippen LogP contribution in [0, 0.1) is 18.8 Å². The molecule has 1 aromatic carbocycles. The van der Waals surface area contributed by atoms with Crippen molar-refractivity contribution in [3.63, 3.8) is 0 Å². The first-order chi connectivity index (χ1) is 8.47. The Kier molecular flexibility index (Phi) is 3.60. The SMILES string of the molecule is Cc1ccc(N)c(C(=O)N2C[C@H](C)C[C@H](C)C2)c1. The molecule has 0 radical (unpaired) electrons. The highest BCUT2D eigenvalue weighted by molar-refractivity contribution is 5.99. The van der Waals surface area contributed by atoms with Gasteiger partial charge in [0, 0.05) is 18.8 Å². The molecule has 18 heavy (non-hydrogen) atoms. The van der Waals surface area contributed by atoms with E-state index in [1.807, 2.05) is 30.0 Å². The summed E-state index contributed by atoms with van der Waals surface area (Å²) in [4.78, 5) is 14.5. The van der Waals surface area contributed by atoms with E-state index in [9.17, 15) is 4.79 Å². The van der Waals surface area contributed by atoms with Crippen molar-refractivity contribution in [1.29, 1.82) is 0 Å². The van der Waals surface area contributed by atoms with Gasteiger partial charge in [0.05, 0.1) is 5.56 Å². The monoisotopic (exact) mass is 246 g/mol. The van der Waals surface area contributed by atoms with E-state index in [1.54, 1.807) is 0 Å². The molecule has 1 amide bonds. The molecule has 0 bridgehead atoms. The standard InChI is InChI=1S/C15H22N2O/c1-10-4-5-14(16)13(7-10)15(18)17-8-11(2)6-12(3)9-17/h4-5,7,11-12H,6,8-9,16H2,1-3H3/t11-,12+. The Hall–Kier alpha value is -1.51. The number of benzene rings is 1. The number of likely N-dealkylation sites (tertiary alicyclic amines) is 1. The molecule has 0 spiro atoms. The third-order valence-electron chi connectivity index (χ3n) is 3.60. The van der Waals surface area contributed by atoms with E-state index in [0.717, 1.165) is 18.7 Å². The Bertz CT molecular complexity index is 446. The second-order valence-electron chi connectivity index (χ2n) is 5.75. The molecular weight excluding hydrogens is 224 g/mol. The molecule has 0 saturated carbocycles. The number of carbonyl (C=O) groups is 1. The minimum Gasteiger partial charge on any atom is -0.398 e. The van der Waals surface area contributed by atoms with Crippen LogP contribution in [0.15, 0.2) is 18.2 Å². The van der Waals surface area contributed by atoms with Gasteiger partial charge in [0.1, 0.15) is 0 Å². The zero-order valence-electron chi connectivity index (χ0n) is 11.4. The molecule has 1 aromatic rings. The number of rotatable bonds is 1. The Morgan fingerprint density at radius 3 is 2.50 bits per heavy atom. The summed E-state index contributed by atoms with van der Waals surface area (Å²) in [5, 5.41) is 0. The van der Waals surface area contributed by atoms with Gasteiger partial charge in [0.15, 0.2) is 0 Å². The lowest BCUT2D eigenvalue weighted by atomic mass is 9.91. The third-order valence-corrected chi connectivity index (χ3v) is 3.60. The van der Waals surface area contributed by atoms with E-state index in [1.165, 1.54) is 6.42 Å². The van der Waals surface area contributed by atoms with Crippen LogP contribution < -0.4 is 5.73 Å². The predicted octanol–water partition coefficient (Wildman–Crippen LogP) is 2.70. The molecule has 98 valence electrons. The van der Waals surface area contributed by atoms with Crippen molar-refractivity contribution < 1.29 is 4.79 Å². The number of nitrogens with two attached hydrogens (primary N) is 1. The third kappa shape index (κ3) is 2.66. The van der Waals surface area contributed by atoms with Crippen molar-refractivity contribution in [3.05, 3.63) is 29.3 Å². The second kappa shape index (κ2) is 5.01. The molecule has 1 saturated heterocycles. The molecule has 0 aromatic heterocycles. The zero-order valence-corrected chi connectivity index (χ0v) is 11.4. The normalized spacial score (nSPS) is 24.1. The van der Waals surface area contributed by atoms with E-state index < -0.39 is 0 Å². The van der Waals surface area contributed by atoms with E-state index >= 15 is 0 Å². The first kappa shape index (κ1) is 12.9. The van der Waals surface area contributed by atoms with Crippen molar-refractivity contribution >= 4 is 11.6 Å². The van der Waals surface area contributed by atoms with E-state index in [4.69, 9.17) is 5.73 Å². The summed E-state index contributed by atoms with van der Waals surface area (Å²) in [6, 6.07) is 5.65. The maximum atomic E-state index is 12.5. The lowest BCUT2D eigenvalue weighted by molar-refractivity contribution is 0.0624. The average Bonchev–Trinajstić information content (AvgIpc) is 2.30. The number of nitrogens with zero attached hydrogens (tertiary/aromatic N) is 1. The Balaban J connectivity index is 2.22. The highest BCUT2D eigenvalue weighted by Gasteiger charge is 2.26. The zero-order chi connectivity index (χ0) is 13.3. The van der Waals surface area contributed by atoms with Crippen LogP contribution in [-0.4, -0.2) is 23.9 Å². The van der Waals surface area contributed by atoms with Crippen LogP contribution in [0.3, 0.4) is 0 Å². The van der Waals surface area contributed by atoms with Crippen LogP contribution in [-0.2, 0) is 0 Å². The highest BCUT2D eigenvalue weighted by atomic mass is 16.2. The van der Waals surface area contributed by atoms with Gasteiger partial charge < -0.3 is 10.6 Å². The summed E-state index contributed by atoms with van der Waals surface area (Å²) in [5.74, 6) is 1.22. The number of aryl methyl sites for hydroxylation is 1. The van der Waals surface area contributed by atoms with Crippen LogP contribution in [0.1, 0.15) is 36.2 Å². The molecule has 3 nitrogen and oxygen atoms in total. The van der Waals surface area contributed by atoms with Gasteiger partial charge in [-0.3, -0.25) is 4.79 Å². The van der Waals surface area contributed by atoms with Gasteiger partial charge in [-0.25, -0.2) is 0 Å². The average molecular weight is 246 g/mol. The fourth-order valence-electron chi connectivity index (χ4n) is 2.85. The van der Waals surface area contributed by atoms with Crippen molar-refractivity contribution in [3.8, 4) is 0 Å². The fourth-order valence-corrected chi connectivity index (χ4v) is 2.85. The number of anilines is 1. The lowest BCUT2D eigenvalue weighted by Gasteiger charge is -2.35. The van der Waals surface area contributed by atoms with Crippen molar-refractivity contribution in [1.82, 2.24) is 4.90 Å². The van der Waals surface area contributed by atoms with Crippen LogP contribution in [0.5, 0.6) is 0 Å². The molecule has 1 aliphatic rings. The first-order valence-corrected chi connectivity index (χ1v) is 6.62. The number of hydrogen-bond donors (Lipinski definition) is 1. The second-order valence-corrected chi connectivity index (χ2v) is 5.75. The van der Waals surface area contributed by atoms with Crippen molar-refractivity contribution in [2.75, 3.05) is 18.8 Å². The summed E-state index contributed by atoms with van der Waals surface area (Å²) in [6.07, 6.45) is 1.20. The summed E-state index contributed by atoms with van der Waals surface area (Å²) in [7, 11) is 0. The quantitative estimate of drug-likeness (QED) is 0.774. The maximum Gasteiger partial charge on any atom is 0.255 e. The van der Waals surface area contributed by atoms with Gasteiger partial charge in [-0.15, -0.1) is 0 Å². The van der Waals surface area contributed by atoms with Gasteiger partial charge in [0.2, 0.25) is 0 Å². The Morgan fingerprint density at radius 2 is 1.89 bits per heavy atom. The van der Waals surface area contributed by atoms with E-state index in [-0.39, 0.29) is 5.91 Å². The topological polar surface area (TPSA) is 46.3 Å². The molecular formula is C15H22N2O. The van der Waals surface area contributed by atoms with Crippen molar-refractivity contribution in [2.45, 2.75) is 27.2 Å². The van der Waals surface area contributed by atoms with Crippen molar-refractivity contribution in [2.24, 2.45) is 11.8 Å². The summed E-state index contributed by atoms with van der Waals surface area (Å²) in [6.45, 7) is 8.08. The van der Waals surface area contributed by atoms with Crippen LogP contribution >= 0.6 is 0 Å². The van der Waals surface area contributed by atoms with Crippen LogP contribution in [0.4, 0.5) is 5.69 Å². The molecule has 1 aliphatic heterocycles. The summed E-state index contributed by atoms with van der Waals surface area (Å²) >= 11 is 0. The molecule has 2 N–H and O–H groups in total. The van der Waals surface area contributed by atoms with Gasteiger partial charge in [-0.1, -0.05) is 25.5 Å². The highest BCUT2D eigenvalue weighted by Crippen LogP contribution is 2.24. The molecule has 1 fully saturated rings. The molecule has 1 heterocycles. The Morgan fingerprint density at radius 1 is 1.28 bits per heavy atom. The van der Waals surface area contributed by atoms with Gasteiger partial charge in [-0.2, -0.15) is 0 Å². The number of hydrogen-bond acceptors (Lipinski definition) is 2. The number of piperidine rings is 1. The molecule has 3 heteroatoms.